The quantitative estimate of drug-likeness (QED) is 0.864. The summed E-state index contributed by atoms with van der Waals surface area (Å²) in [6.07, 6.45) is 0.868. The van der Waals surface area contributed by atoms with E-state index in [9.17, 15) is 19.1 Å². The van der Waals surface area contributed by atoms with E-state index in [-0.39, 0.29) is 41.4 Å². The summed E-state index contributed by atoms with van der Waals surface area (Å²) in [5.74, 6) is -0.731. The fraction of sp³-hybridized carbons (Fsp3) is 0.300. The first-order valence-corrected chi connectivity index (χ1v) is 8.55. The predicted molar refractivity (Wildman–Crippen MR) is 95.4 cm³/mol. The standard InChI is InChI=1S/C20H21FN2O3/c1-13-3-2-4-17(19(13)25)20(26)22-16-11-18(24)23(12-16)10-9-14-5-7-15(21)8-6-14/h2-8,16,25H,9-12H2,1H3,(H,22,26)/t16-/m0/s1. The zero-order chi connectivity index (χ0) is 18.7. The Morgan fingerprint density at radius 3 is 2.73 bits per heavy atom. The highest BCUT2D eigenvalue weighted by atomic mass is 19.1. The summed E-state index contributed by atoms with van der Waals surface area (Å²) in [6, 6.07) is 10.9. The number of benzene rings is 2. The third-order valence-corrected chi connectivity index (χ3v) is 4.62. The number of nitrogens with one attached hydrogen (secondary N) is 1. The summed E-state index contributed by atoms with van der Waals surface area (Å²) >= 11 is 0. The van der Waals surface area contributed by atoms with E-state index in [0.29, 0.717) is 25.1 Å². The van der Waals surface area contributed by atoms with E-state index >= 15 is 0 Å². The number of aryl methyl sites for hydroxylation is 1. The minimum atomic E-state index is -0.385. The number of phenolic OH excluding ortho intramolecular Hbond substituents is 1. The molecule has 136 valence electrons. The molecule has 1 aliphatic heterocycles. The van der Waals surface area contributed by atoms with Gasteiger partial charge in [-0.25, -0.2) is 4.39 Å². The zero-order valence-corrected chi connectivity index (χ0v) is 14.5. The number of amides is 2. The lowest BCUT2D eigenvalue weighted by Crippen LogP contribution is -2.37. The Kier molecular flexibility index (Phi) is 5.21. The van der Waals surface area contributed by atoms with Crippen LogP contribution in [0.5, 0.6) is 5.75 Å². The third kappa shape index (κ3) is 4.02. The van der Waals surface area contributed by atoms with Crippen molar-refractivity contribution in [3.63, 3.8) is 0 Å². The average molecular weight is 356 g/mol. The second kappa shape index (κ2) is 7.56. The van der Waals surface area contributed by atoms with Crippen LogP contribution in [0.25, 0.3) is 0 Å². The highest BCUT2D eigenvalue weighted by molar-refractivity contribution is 5.97. The van der Waals surface area contributed by atoms with Crippen molar-refractivity contribution in [2.75, 3.05) is 13.1 Å². The molecule has 0 aromatic heterocycles. The van der Waals surface area contributed by atoms with E-state index in [1.807, 2.05) is 0 Å². The molecule has 0 radical (unpaired) electrons. The van der Waals surface area contributed by atoms with Gasteiger partial charge in [-0.15, -0.1) is 0 Å². The lowest BCUT2D eigenvalue weighted by Gasteiger charge is -2.17. The smallest absolute Gasteiger partial charge is 0.255 e. The van der Waals surface area contributed by atoms with Crippen LogP contribution in [-0.2, 0) is 11.2 Å². The van der Waals surface area contributed by atoms with Crippen LogP contribution in [0.2, 0.25) is 0 Å². The van der Waals surface area contributed by atoms with Crippen LogP contribution in [0.4, 0.5) is 4.39 Å². The van der Waals surface area contributed by atoms with Crippen molar-refractivity contribution in [3.8, 4) is 5.75 Å². The third-order valence-electron chi connectivity index (χ3n) is 4.62. The van der Waals surface area contributed by atoms with Crippen molar-refractivity contribution in [2.45, 2.75) is 25.8 Å². The maximum Gasteiger partial charge on any atom is 0.255 e. The Morgan fingerprint density at radius 2 is 2.00 bits per heavy atom. The van der Waals surface area contributed by atoms with E-state index in [2.05, 4.69) is 5.32 Å². The first-order chi connectivity index (χ1) is 12.4. The molecule has 3 rings (SSSR count). The number of likely N-dealkylation sites (tertiary alicyclic amines) is 1. The summed E-state index contributed by atoms with van der Waals surface area (Å²) in [5.41, 5.74) is 1.79. The monoisotopic (exact) mass is 356 g/mol. The maximum atomic E-state index is 12.9. The Bertz CT molecular complexity index is 820. The molecule has 1 heterocycles. The number of halogens is 1. The molecule has 1 atom stereocenters. The molecule has 0 unspecified atom stereocenters. The highest BCUT2D eigenvalue weighted by Crippen LogP contribution is 2.22. The number of carbonyl (C=O) groups excluding carboxylic acids is 2. The summed E-state index contributed by atoms with van der Waals surface area (Å²) in [7, 11) is 0. The van der Waals surface area contributed by atoms with E-state index in [1.165, 1.54) is 12.1 Å². The largest absolute Gasteiger partial charge is 0.507 e. The Morgan fingerprint density at radius 1 is 1.27 bits per heavy atom. The SMILES string of the molecule is Cc1cccc(C(=O)N[C@H]2CC(=O)N(CCc3ccc(F)cc3)C2)c1O. The second-order valence-electron chi connectivity index (χ2n) is 6.56. The van der Waals surface area contributed by atoms with E-state index in [0.717, 1.165) is 5.56 Å². The van der Waals surface area contributed by atoms with E-state index < -0.39 is 0 Å². The van der Waals surface area contributed by atoms with Crippen LogP contribution in [0.1, 0.15) is 27.9 Å². The molecule has 2 N–H and O–H groups in total. The van der Waals surface area contributed by atoms with Crippen LogP contribution in [0.15, 0.2) is 42.5 Å². The number of rotatable bonds is 5. The van der Waals surface area contributed by atoms with E-state index in [1.54, 1.807) is 42.2 Å². The summed E-state index contributed by atoms with van der Waals surface area (Å²) in [4.78, 5) is 26.2. The minimum absolute atomic E-state index is 0.0223. The molecule has 2 amide bonds. The molecule has 0 aliphatic carbocycles. The van der Waals surface area contributed by atoms with Gasteiger partial charge in [0.2, 0.25) is 5.91 Å². The molecule has 1 aliphatic rings. The predicted octanol–water partition coefficient (Wildman–Crippen LogP) is 2.41. The van der Waals surface area contributed by atoms with Crippen LogP contribution >= 0.6 is 0 Å². The number of nitrogens with zero attached hydrogens (tertiary/aromatic N) is 1. The lowest BCUT2D eigenvalue weighted by atomic mass is 10.1. The number of carbonyl (C=O) groups is 2. The van der Waals surface area contributed by atoms with Gasteiger partial charge in [-0.2, -0.15) is 0 Å². The van der Waals surface area contributed by atoms with Gasteiger partial charge in [0.05, 0.1) is 11.6 Å². The number of para-hydroxylation sites is 1. The summed E-state index contributed by atoms with van der Waals surface area (Å²) < 4.78 is 12.9. The molecule has 26 heavy (non-hydrogen) atoms. The van der Waals surface area contributed by atoms with Gasteiger partial charge >= 0.3 is 0 Å². The summed E-state index contributed by atoms with van der Waals surface area (Å²) in [5, 5.41) is 12.8. The van der Waals surface area contributed by atoms with Gasteiger partial charge < -0.3 is 15.3 Å². The van der Waals surface area contributed by atoms with Gasteiger partial charge in [-0.05, 0) is 42.7 Å². The number of aromatic hydroxyl groups is 1. The van der Waals surface area contributed by atoms with Gasteiger partial charge in [0.25, 0.3) is 5.91 Å². The van der Waals surface area contributed by atoms with Crippen molar-refractivity contribution >= 4 is 11.8 Å². The molecule has 2 aromatic rings. The maximum absolute atomic E-state index is 12.9. The molecule has 2 aromatic carbocycles. The van der Waals surface area contributed by atoms with Crippen LogP contribution in [-0.4, -0.2) is 41.0 Å². The van der Waals surface area contributed by atoms with Crippen molar-refractivity contribution < 1.29 is 19.1 Å². The average Bonchev–Trinajstić information content (AvgIpc) is 2.96. The normalized spacial score (nSPS) is 16.8. The molecular formula is C20H21FN2O3. The van der Waals surface area contributed by atoms with Crippen LogP contribution in [0, 0.1) is 12.7 Å². The van der Waals surface area contributed by atoms with E-state index in [4.69, 9.17) is 0 Å². The van der Waals surface area contributed by atoms with Gasteiger partial charge in [0.15, 0.2) is 0 Å². The molecule has 6 heteroatoms. The van der Waals surface area contributed by atoms with Crippen molar-refractivity contribution in [2.24, 2.45) is 0 Å². The molecule has 5 nitrogen and oxygen atoms in total. The number of phenols is 1. The van der Waals surface area contributed by atoms with Gasteiger partial charge in [-0.3, -0.25) is 9.59 Å². The van der Waals surface area contributed by atoms with Gasteiger partial charge in [-0.1, -0.05) is 24.3 Å². The Labute approximate surface area is 151 Å². The first-order valence-electron chi connectivity index (χ1n) is 8.55. The lowest BCUT2D eigenvalue weighted by molar-refractivity contribution is -0.127. The van der Waals surface area contributed by atoms with Gasteiger partial charge in [0, 0.05) is 19.5 Å². The minimum Gasteiger partial charge on any atom is -0.507 e. The van der Waals surface area contributed by atoms with Crippen LogP contribution < -0.4 is 5.32 Å². The van der Waals surface area contributed by atoms with Crippen molar-refractivity contribution in [1.29, 1.82) is 0 Å². The fourth-order valence-corrected chi connectivity index (χ4v) is 3.11. The van der Waals surface area contributed by atoms with Crippen LogP contribution in [0.3, 0.4) is 0 Å². The molecule has 0 bridgehead atoms. The molecule has 1 fully saturated rings. The number of hydrogen-bond acceptors (Lipinski definition) is 3. The van der Waals surface area contributed by atoms with Gasteiger partial charge in [0.1, 0.15) is 11.6 Å². The second-order valence-corrected chi connectivity index (χ2v) is 6.56. The molecule has 0 saturated carbocycles. The Balaban J connectivity index is 1.56. The molecular weight excluding hydrogens is 335 g/mol. The van der Waals surface area contributed by atoms with Crippen molar-refractivity contribution in [3.05, 3.63) is 65.0 Å². The Hall–Kier alpha value is -2.89. The first kappa shape index (κ1) is 17.9. The fourth-order valence-electron chi connectivity index (χ4n) is 3.11. The molecule has 0 spiro atoms. The molecule has 1 saturated heterocycles. The van der Waals surface area contributed by atoms with Crippen molar-refractivity contribution in [1.82, 2.24) is 10.2 Å². The summed E-state index contributed by atoms with van der Waals surface area (Å²) in [6.45, 7) is 2.67. The number of hydrogen-bond donors (Lipinski definition) is 2. The zero-order valence-electron chi connectivity index (χ0n) is 14.5. The highest BCUT2D eigenvalue weighted by Gasteiger charge is 2.30. The topological polar surface area (TPSA) is 69.6 Å².